The molecule has 1 aromatic rings. The van der Waals surface area contributed by atoms with Crippen molar-refractivity contribution in [2.45, 2.75) is 26.3 Å². The highest BCUT2D eigenvalue weighted by Crippen LogP contribution is 2.23. The lowest BCUT2D eigenvalue weighted by molar-refractivity contribution is 0.174. The minimum atomic E-state index is 0.0499. The van der Waals surface area contributed by atoms with Crippen LogP contribution in [0.3, 0.4) is 0 Å². The summed E-state index contributed by atoms with van der Waals surface area (Å²) in [5.74, 6) is 0.410. The Morgan fingerprint density at radius 2 is 2.27 bits per heavy atom. The monoisotopic (exact) mass is 211 g/mol. The summed E-state index contributed by atoms with van der Waals surface area (Å²) in [6.07, 6.45) is 2.98. The third-order valence-electron chi connectivity index (χ3n) is 2.80. The van der Waals surface area contributed by atoms with Crippen LogP contribution in [-0.2, 0) is 11.8 Å². The van der Waals surface area contributed by atoms with E-state index in [4.69, 9.17) is 10.5 Å². The highest BCUT2D eigenvalue weighted by atomic mass is 16.5. The van der Waals surface area contributed by atoms with Crippen molar-refractivity contribution in [2.75, 3.05) is 13.7 Å². The lowest BCUT2D eigenvalue weighted by Gasteiger charge is -2.18. The molecule has 2 N–H and O–H groups in total. The highest BCUT2D eigenvalue weighted by molar-refractivity contribution is 5.20. The summed E-state index contributed by atoms with van der Waals surface area (Å²) >= 11 is 0. The van der Waals surface area contributed by atoms with Gasteiger partial charge in [0.15, 0.2) is 0 Å². The van der Waals surface area contributed by atoms with Crippen LogP contribution in [0.1, 0.15) is 30.6 Å². The summed E-state index contributed by atoms with van der Waals surface area (Å²) in [5.41, 5.74) is 8.35. The van der Waals surface area contributed by atoms with Crippen molar-refractivity contribution < 1.29 is 4.74 Å². The molecule has 0 aliphatic heterocycles. The summed E-state index contributed by atoms with van der Waals surface area (Å²) in [5, 5.41) is 4.30. The van der Waals surface area contributed by atoms with Crippen LogP contribution in [0, 0.1) is 12.8 Å². The summed E-state index contributed by atoms with van der Waals surface area (Å²) in [6, 6.07) is 0.0499. The minimum absolute atomic E-state index is 0.0499. The zero-order valence-electron chi connectivity index (χ0n) is 10.0. The SMILES string of the molecule is COCCC(C)C(N)c1cn(C)nc1C. The molecule has 15 heavy (non-hydrogen) atoms. The normalized spacial score (nSPS) is 15.3. The Labute approximate surface area is 91.4 Å². The van der Waals surface area contributed by atoms with E-state index in [1.165, 1.54) is 0 Å². The first-order valence-electron chi connectivity index (χ1n) is 5.31. The molecule has 4 heteroatoms. The third kappa shape index (κ3) is 3.04. The lowest BCUT2D eigenvalue weighted by Crippen LogP contribution is -2.20. The van der Waals surface area contributed by atoms with Gasteiger partial charge >= 0.3 is 0 Å². The number of nitrogens with zero attached hydrogens (tertiary/aromatic N) is 2. The van der Waals surface area contributed by atoms with E-state index < -0.39 is 0 Å². The topological polar surface area (TPSA) is 53.1 Å². The van der Waals surface area contributed by atoms with Crippen molar-refractivity contribution in [2.24, 2.45) is 18.7 Å². The molecule has 1 aromatic heterocycles. The van der Waals surface area contributed by atoms with Gasteiger partial charge in [0.2, 0.25) is 0 Å². The number of hydrogen-bond acceptors (Lipinski definition) is 3. The molecule has 0 radical (unpaired) electrons. The van der Waals surface area contributed by atoms with Gasteiger partial charge in [-0.2, -0.15) is 5.10 Å². The highest BCUT2D eigenvalue weighted by Gasteiger charge is 2.18. The summed E-state index contributed by atoms with van der Waals surface area (Å²) in [6.45, 7) is 4.91. The van der Waals surface area contributed by atoms with Crippen molar-refractivity contribution in [3.8, 4) is 0 Å². The van der Waals surface area contributed by atoms with Crippen LogP contribution in [0.15, 0.2) is 6.20 Å². The number of nitrogens with two attached hydrogens (primary N) is 1. The molecule has 2 atom stereocenters. The van der Waals surface area contributed by atoms with Gasteiger partial charge < -0.3 is 10.5 Å². The van der Waals surface area contributed by atoms with Crippen LogP contribution in [0.25, 0.3) is 0 Å². The molecule has 1 rings (SSSR count). The summed E-state index contributed by atoms with van der Waals surface area (Å²) in [7, 11) is 3.64. The van der Waals surface area contributed by atoms with Crippen molar-refractivity contribution >= 4 is 0 Å². The van der Waals surface area contributed by atoms with Crippen LogP contribution in [0.2, 0.25) is 0 Å². The molecule has 0 fully saturated rings. The molecule has 0 saturated heterocycles. The first-order valence-corrected chi connectivity index (χ1v) is 5.31. The molecule has 4 nitrogen and oxygen atoms in total. The minimum Gasteiger partial charge on any atom is -0.385 e. The molecule has 0 aliphatic carbocycles. The Hall–Kier alpha value is -0.870. The fourth-order valence-electron chi connectivity index (χ4n) is 1.74. The molecule has 0 bridgehead atoms. The Kier molecular flexibility index (Phi) is 4.29. The first kappa shape index (κ1) is 12.2. The van der Waals surface area contributed by atoms with Gasteiger partial charge in [-0.1, -0.05) is 6.92 Å². The molecule has 0 amide bonds. The fourth-order valence-corrected chi connectivity index (χ4v) is 1.74. The van der Waals surface area contributed by atoms with Crippen LogP contribution < -0.4 is 5.73 Å². The van der Waals surface area contributed by atoms with Gasteiger partial charge in [0.25, 0.3) is 0 Å². The number of methoxy groups -OCH3 is 1. The Balaban J connectivity index is 2.66. The molecule has 2 unspecified atom stereocenters. The number of aryl methyl sites for hydroxylation is 2. The summed E-state index contributed by atoms with van der Waals surface area (Å²) < 4.78 is 6.87. The average Bonchev–Trinajstić information content (AvgIpc) is 2.53. The van der Waals surface area contributed by atoms with Gasteiger partial charge in [-0.05, 0) is 19.3 Å². The smallest absolute Gasteiger partial charge is 0.0641 e. The molecular formula is C11H21N3O. The second kappa shape index (κ2) is 5.28. The Bertz CT molecular complexity index is 309. The first-order chi connectivity index (χ1) is 7.06. The van der Waals surface area contributed by atoms with E-state index in [2.05, 4.69) is 12.0 Å². The van der Waals surface area contributed by atoms with Gasteiger partial charge in [-0.25, -0.2) is 0 Å². The quantitative estimate of drug-likeness (QED) is 0.801. The molecule has 0 saturated carbocycles. The van der Waals surface area contributed by atoms with Crippen molar-refractivity contribution in [3.63, 3.8) is 0 Å². The van der Waals surface area contributed by atoms with Gasteiger partial charge in [-0.15, -0.1) is 0 Å². The Morgan fingerprint density at radius 1 is 1.60 bits per heavy atom. The van der Waals surface area contributed by atoms with Crippen LogP contribution in [0.5, 0.6) is 0 Å². The van der Waals surface area contributed by atoms with Gasteiger partial charge in [0.05, 0.1) is 5.69 Å². The van der Waals surface area contributed by atoms with Gasteiger partial charge in [0, 0.05) is 38.6 Å². The average molecular weight is 211 g/mol. The maximum absolute atomic E-state index is 6.18. The second-order valence-corrected chi connectivity index (χ2v) is 4.13. The Morgan fingerprint density at radius 3 is 2.73 bits per heavy atom. The van der Waals surface area contributed by atoms with Crippen LogP contribution in [-0.4, -0.2) is 23.5 Å². The van der Waals surface area contributed by atoms with Gasteiger partial charge in [-0.3, -0.25) is 4.68 Å². The van der Waals surface area contributed by atoms with Crippen LogP contribution in [0.4, 0.5) is 0 Å². The molecule has 0 spiro atoms. The van der Waals surface area contributed by atoms with E-state index in [-0.39, 0.29) is 6.04 Å². The second-order valence-electron chi connectivity index (χ2n) is 4.13. The number of hydrogen-bond donors (Lipinski definition) is 1. The largest absolute Gasteiger partial charge is 0.385 e. The number of aromatic nitrogens is 2. The maximum atomic E-state index is 6.18. The lowest BCUT2D eigenvalue weighted by atomic mass is 9.93. The molecular weight excluding hydrogens is 190 g/mol. The zero-order chi connectivity index (χ0) is 11.4. The van der Waals surface area contributed by atoms with E-state index in [1.807, 2.05) is 24.9 Å². The molecule has 86 valence electrons. The molecule has 0 aromatic carbocycles. The van der Waals surface area contributed by atoms with E-state index in [1.54, 1.807) is 7.11 Å². The number of ether oxygens (including phenoxy) is 1. The molecule has 1 heterocycles. The predicted molar refractivity (Wildman–Crippen MR) is 60.5 cm³/mol. The zero-order valence-corrected chi connectivity index (χ0v) is 10.0. The molecule has 0 aliphatic rings. The standard InChI is InChI=1S/C11H21N3O/c1-8(5-6-15-4)11(12)10-7-14(3)13-9(10)2/h7-8,11H,5-6,12H2,1-4H3. The maximum Gasteiger partial charge on any atom is 0.0641 e. The van der Waals surface area contributed by atoms with Crippen LogP contribution >= 0.6 is 0 Å². The fraction of sp³-hybridized carbons (Fsp3) is 0.727. The van der Waals surface area contributed by atoms with E-state index >= 15 is 0 Å². The van der Waals surface area contributed by atoms with Crippen molar-refractivity contribution in [1.29, 1.82) is 0 Å². The predicted octanol–water partition coefficient (Wildman–Crippen LogP) is 1.40. The summed E-state index contributed by atoms with van der Waals surface area (Å²) in [4.78, 5) is 0. The van der Waals surface area contributed by atoms with Crippen molar-refractivity contribution in [1.82, 2.24) is 9.78 Å². The number of rotatable bonds is 5. The van der Waals surface area contributed by atoms with E-state index in [9.17, 15) is 0 Å². The van der Waals surface area contributed by atoms with E-state index in [0.29, 0.717) is 5.92 Å². The van der Waals surface area contributed by atoms with E-state index in [0.717, 1.165) is 24.3 Å². The van der Waals surface area contributed by atoms with Gasteiger partial charge in [0.1, 0.15) is 0 Å². The third-order valence-corrected chi connectivity index (χ3v) is 2.80. The van der Waals surface area contributed by atoms with Crippen molar-refractivity contribution in [3.05, 3.63) is 17.5 Å².